The summed E-state index contributed by atoms with van der Waals surface area (Å²) in [6, 6.07) is 11.4. The van der Waals surface area contributed by atoms with Crippen molar-refractivity contribution in [1.82, 2.24) is 15.5 Å². The van der Waals surface area contributed by atoms with Crippen LogP contribution in [0.15, 0.2) is 47.5 Å². The molecule has 0 aliphatic heterocycles. The molecule has 0 saturated heterocycles. The molecule has 0 radical (unpaired) electrons. The molecule has 0 atom stereocenters. The number of halogens is 2. The van der Waals surface area contributed by atoms with Crippen molar-refractivity contribution < 1.29 is 8.78 Å². The van der Waals surface area contributed by atoms with Gasteiger partial charge in [-0.3, -0.25) is 4.99 Å². The van der Waals surface area contributed by atoms with Gasteiger partial charge in [0.15, 0.2) is 5.96 Å². The van der Waals surface area contributed by atoms with Crippen LogP contribution in [0.5, 0.6) is 0 Å². The van der Waals surface area contributed by atoms with E-state index in [2.05, 4.69) is 15.6 Å². The summed E-state index contributed by atoms with van der Waals surface area (Å²) in [5.41, 5.74) is 2.60. The van der Waals surface area contributed by atoms with Gasteiger partial charge in [-0.2, -0.15) is 0 Å². The minimum atomic E-state index is -0.254. The van der Waals surface area contributed by atoms with Gasteiger partial charge in [0, 0.05) is 32.2 Å². The summed E-state index contributed by atoms with van der Waals surface area (Å²) in [7, 11) is 5.50. The summed E-state index contributed by atoms with van der Waals surface area (Å²) in [5.74, 6) is 0.176. The van der Waals surface area contributed by atoms with Crippen LogP contribution in [0.4, 0.5) is 8.78 Å². The molecule has 2 aromatic carbocycles. The van der Waals surface area contributed by atoms with E-state index in [-0.39, 0.29) is 11.6 Å². The Bertz CT molecular complexity index is 712. The predicted molar refractivity (Wildman–Crippen MR) is 97.2 cm³/mol. The Morgan fingerprint density at radius 2 is 1.56 bits per heavy atom. The highest BCUT2D eigenvalue weighted by atomic mass is 19.1. The van der Waals surface area contributed by atoms with Gasteiger partial charge in [0.2, 0.25) is 0 Å². The van der Waals surface area contributed by atoms with E-state index < -0.39 is 0 Å². The second-order valence-corrected chi connectivity index (χ2v) is 6.07. The normalized spacial score (nSPS) is 11.7. The van der Waals surface area contributed by atoms with Crippen LogP contribution in [-0.4, -0.2) is 32.0 Å². The second-order valence-electron chi connectivity index (χ2n) is 6.07. The first-order valence-corrected chi connectivity index (χ1v) is 8.09. The van der Waals surface area contributed by atoms with Gasteiger partial charge >= 0.3 is 0 Å². The van der Waals surface area contributed by atoms with Gasteiger partial charge in [-0.15, -0.1) is 0 Å². The Morgan fingerprint density at radius 3 is 2.16 bits per heavy atom. The lowest BCUT2D eigenvalue weighted by molar-refractivity contribution is 0.392. The Balaban J connectivity index is 1.91. The first-order chi connectivity index (χ1) is 12.0. The number of nitrogens with one attached hydrogen (secondary N) is 2. The fraction of sp³-hybridized carbons (Fsp3) is 0.316. The molecular weight excluding hydrogens is 322 g/mol. The molecule has 0 fully saturated rings. The largest absolute Gasteiger partial charge is 0.352 e. The van der Waals surface area contributed by atoms with Crippen LogP contribution >= 0.6 is 0 Å². The smallest absolute Gasteiger partial charge is 0.191 e. The first kappa shape index (κ1) is 18.9. The topological polar surface area (TPSA) is 39.7 Å². The van der Waals surface area contributed by atoms with Gasteiger partial charge in [0.05, 0.1) is 0 Å². The zero-order valence-corrected chi connectivity index (χ0v) is 14.8. The van der Waals surface area contributed by atoms with Crippen LogP contribution in [0.2, 0.25) is 0 Å². The predicted octanol–water partition coefficient (Wildman–Crippen LogP) is 2.89. The van der Waals surface area contributed by atoms with Crippen molar-refractivity contribution in [3.63, 3.8) is 0 Å². The van der Waals surface area contributed by atoms with E-state index in [1.54, 1.807) is 25.2 Å². The van der Waals surface area contributed by atoms with Gasteiger partial charge in [-0.25, -0.2) is 8.78 Å². The molecule has 25 heavy (non-hydrogen) atoms. The highest BCUT2D eigenvalue weighted by Crippen LogP contribution is 2.12. The second kappa shape index (κ2) is 9.13. The summed E-state index contributed by atoms with van der Waals surface area (Å²) >= 11 is 0. The summed E-state index contributed by atoms with van der Waals surface area (Å²) in [4.78, 5) is 6.09. The molecule has 6 heteroatoms. The Kier molecular flexibility index (Phi) is 6.89. The van der Waals surface area contributed by atoms with Gasteiger partial charge in [0.1, 0.15) is 11.6 Å². The SMILES string of the molecule is CN=C(NCc1ccc(F)cc1)NCc1ccc(F)c(CN(C)C)c1. The zero-order valence-electron chi connectivity index (χ0n) is 14.8. The minimum absolute atomic E-state index is 0.198. The van der Waals surface area contributed by atoms with Gasteiger partial charge in [-0.1, -0.05) is 18.2 Å². The molecule has 0 aliphatic rings. The van der Waals surface area contributed by atoms with Crippen molar-refractivity contribution in [2.45, 2.75) is 19.6 Å². The maximum atomic E-state index is 13.8. The van der Waals surface area contributed by atoms with E-state index in [9.17, 15) is 8.78 Å². The average Bonchev–Trinajstić information content (AvgIpc) is 2.59. The zero-order chi connectivity index (χ0) is 18.2. The molecule has 2 aromatic rings. The van der Waals surface area contributed by atoms with E-state index in [0.29, 0.717) is 31.2 Å². The molecule has 134 valence electrons. The van der Waals surface area contributed by atoms with Crippen LogP contribution < -0.4 is 10.6 Å². The average molecular weight is 346 g/mol. The van der Waals surface area contributed by atoms with Crippen LogP contribution in [-0.2, 0) is 19.6 Å². The Hall–Kier alpha value is -2.47. The van der Waals surface area contributed by atoms with E-state index >= 15 is 0 Å². The van der Waals surface area contributed by atoms with Crippen LogP contribution in [0.25, 0.3) is 0 Å². The van der Waals surface area contributed by atoms with Gasteiger partial charge < -0.3 is 15.5 Å². The number of hydrogen-bond donors (Lipinski definition) is 2. The lowest BCUT2D eigenvalue weighted by Crippen LogP contribution is -2.36. The van der Waals surface area contributed by atoms with Crippen molar-refractivity contribution in [1.29, 1.82) is 0 Å². The van der Waals surface area contributed by atoms with E-state index in [4.69, 9.17) is 0 Å². The highest BCUT2D eigenvalue weighted by Gasteiger charge is 2.06. The molecule has 0 amide bonds. The van der Waals surface area contributed by atoms with Gasteiger partial charge in [0.25, 0.3) is 0 Å². The van der Waals surface area contributed by atoms with Crippen molar-refractivity contribution in [2.24, 2.45) is 4.99 Å². The first-order valence-electron chi connectivity index (χ1n) is 8.09. The van der Waals surface area contributed by atoms with Crippen molar-refractivity contribution >= 4 is 5.96 Å². The lowest BCUT2D eigenvalue weighted by atomic mass is 10.1. The van der Waals surface area contributed by atoms with Crippen molar-refractivity contribution in [3.05, 3.63) is 70.8 Å². The van der Waals surface area contributed by atoms with E-state index in [1.807, 2.05) is 25.1 Å². The van der Waals surface area contributed by atoms with E-state index in [0.717, 1.165) is 11.1 Å². The number of hydrogen-bond acceptors (Lipinski definition) is 2. The molecule has 0 aliphatic carbocycles. The number of rotatable bonds is 6. The molecular formula is C19H24F2N4. The summed E-state index contributed by atoms with van der Waals surface area (Å²) in [5, 5.41) is 6.36. The molecule has 0 spiro atoms. The number of guanidine groups is 1. The summed E-state index contributed by atoms with van der Waals surface area (Å²) < 4.78 is 26.7. The quantitative estimate of drug-likeness (QED) is 0.624. The molecule has 0 saturated carbocycles. The molecule has 0 unspecified atom stereocenters. The third-order valence-corrected chi connectivity index (χ3v) is 3.65. The molecule has 0 heterocycles. The fourth-order valence-electron chi connectivity index (χ4n) is 2.39. The maximum Gasteiger partial charge on any atom is 0.191 e. The van der Waals surface area contributed by atoms with Crippen LogP contribution in [0, 0.1) is 11.6 Å². The maximum absolute atomic E-state index is 13.8. The molecule has 2 rings (SSSR count). The van der Waals surface area contributed by atoms with Gasteiger partial charge in [-0.05, 0) is 49.5 Å². The Labute approximate surface area is 147 Å². The fourth-order valence-corrected chi connectivity index (χ4v) is 2.39. The van der Waals surface area contributed by atoms with Crippen LogP contribution in [0.3, 0.4) is 0 Å². The monoisotopic (exact) mass is 346 g/mol. The van der Waals surface area contributed by atoms with Crippen LogP contribution in [0.1, 0.15) is 16.7 Å². The summed E-state index contributed by atoms with van der Waals surface area (Å²) in [6.45, 7) is 1.62. The minimum Gasteiger partial charge on any atom is -0.352 e. The van der Waals surface area contributed by atoms with Crippen molar-refractivity contribution in [2.75, 3.05) is 21.1 Å². The molecule has 0 aromatic heterocycles. The molecule has 2 N–H and O–H groups in total. The van der Waals surface area contributed by atoms with E-state index in [1.165, 1.54) is 18.2 Å². The standard InChI is InChI=1S/C19H24F2N4/c1-22-19(23-11-14-4-7-17(20)8-5-14)24-12-15-6-9-18(21)16(10-15)13-25(2)3/h4-10H,11-13H2,1-3H3,(H2,22,23,24). The molecule has 0 bridgehead atoms. The Morgan fingerprint density at radius 1 is 0.960 bits per heavy atom. The number of aliphatic imine (C=N–C) groups is 1. The number of nitrogens with zero attached hydrogens (tertiary/aromatic N) is 2. The molecule has 4 nitrogen and oxygen atoms in total. The third kappa shape index (κ3) is 6.15. The lowest BCUT2D eigenvalue weighted by Gasteiger charge is -2.14. The highest BCUT2D eigenvalue weighted by molar-refractivity contribution is 5.79. The number of benzene rings is 2. The summed E-state index contributed by atoms with van der Waals surface area (Å²) in [6.07, 6.45) is 0. The van der Waals surface area contributed by atoms with Crippen molar-refractivity contribution in [3.8, 4) is 0 Å². The third-order valence-electron chi connectivity index (χ3n) is 3.65.